The first-order valence-corrected chi connectivity index (χ1v) is 5.65. The van der Waals surface area contributed by atoms with Crippen molar-refractivity contribution >= 4 is 17.6 Å². The predicted molar refractivity (Wildman–Crippen MR) is 62.8 cm³/mol. The average molecular weight is 257 g/mol. The van der Waals surface area contributed by atoms with Crippen molar-refractivity contribution in [2.24, 2.45) is 0 Å². The van der Waals surface area contributed by atoms with Crippen molar-refractivity contribution in [3.8, 4) is 11.5 Å². The van der Waals surface area contributed by atoms with Gasteiger partial charge in [-0.1, -0.05) is 11.6 Å². The molecule has 1 aliphatic rings. The van der Waals surface area contributed by atoms with E-state index < -0.39 is 11.4 Å². The molecule has 0 heterocycles. The highest BCUT2D eigenvalue weighted by atomic mass is 35.5. The van der Waals surface area contributed by atoms with Gasteiger partial charge in [0, 0.05) is 17.0 Å². The molecule has 92 valence electrons. The molecule has 1 fully saturated rings. The van der Waals surface area contributed by atoms with E-state index in [1.165, 1.54) is 13.2 Å². The Balaban J connectivity index is 2.39. The number of aromatic hydroxyl groups is 1. The summed E-state index contributed by atoms with van der Waals surface area (Å²) < 4.78 is 4.99. The first-order valence-electron chi connectivity index (χ1n) is 5.27. The van der Waals surface area contributed by atoms with Gasteiger partial charge in [0.1, 0.15) is 11.5 Å². The molecule has 0 radical (unpaired) electrons. The second kappa shape index (κ2) is 4.11. The van der Waals surface area contributed by atoms with E-state index in [1.54, 1.807) is 6.07 Å². The van der Waals surface area contributed by atoms with Crippen molar-refractivity contribution in [2.75, 3.05) is 7.11 Å². The number of phenols is 1. The van der Waals surface area contributed by atoms with Crippen molar-refractivity contribution in [1.82, 2.24) is 0 Å². The molecule has 17 heavy (non-hydrogen) atoms. The second-order valence-electron chi connectivity index (χ2n) is 4.35. The maximum Gasteiger partial charge on any atom is 0.304 e. The summed E-state index contributed by atoms with van der Waals surface area (Å²) in [4.78, 5) is 10.8. The highest BCUT2D eigenvalue weighted by Gasteiger charge is 2.47. The Morgan fingerprint density at radius 3 is 2.65 bits per heavy atom. The molecule has 0 atom stereocenters. The lowest BCUT2D eigenvalue weighted by molar-refractivity contribution is -0.137. The second-order valence-corrected chi connectivity index (χ2v) is 4.76. The van der Waals surface area contributed by atoms with Crippen molar-refractivity contribution in [1.29, 1.82) is 0 Å². The molecule has 0 aromatic heterocycles. The van der Waals surface area contributed by atoms with E-state index in [2.05, 4.69) is 0 Å². The summed E-state index contributed by atoms with van der Waals surface area (Å²) in [5.41, 5.74) is 0.150. The fraction of sp³-hybridized carbons (Fsp3) is 0.417. The summed E-state index contributed by atoms with van der Waals surface area (Å²) in [5, 5.41) is 19.2. The zero-order valence-corrected chi connectivity index (χ0v) is 10.1. The molecule has 1 aromatic carbocycles. The van der Waals surface area contributed by atoms with Gasteiger partial charge in [-0.3, -0.25) is 4.79 Å². The van der Waals surface area contributed by atoms with Crippen LogP contribution < -0.4 is 4.74 Å². The molecule has 4 nitrogen and oxygen atoms in total. The Hall–Kier alpha value is -1.42. The molecule has 0 saturated heterocycles. The third kappa shape index (κ3) is 2.17. The van der Waals surface area contributed by atoms with Crippen LogP contribution >= 0.6 is 11.6 Å². The molecule has 0 aliphatic heterocycles. The number of rotatable bonds is 4. The van der Waals surface area contributed by atoms with Crippen LogP contribution in [0, 0.1) is 0 Å². The summed E-state index contributed by atoms with van der Waals surface area (Å²) in [6.45, 7) is 0. The van der Waals surface area contributed by atoms with E-state index >= 15 is 0 Å². The van der Waals surface area contributed by atoms with Crippen molar-refractivity contribution in [3.63, 3.8) is 0 Å². The number of hydrogen-bond donors (Lipinski definition) is 2. The molecule has 2 rings (SSSR count). The zero-order chi connectivity index (χ0) is 12.6. The van der Waals surface area contributed by atoms with Crippen molar-refractivity contribution < 1.29 is 19.7 Å². The fourth-order valence-corrected chi connectivity index (χ4v) is 2.35. The Labute approximate surface area is 104 Å². The Morgan fingerprint density at radius 2 is 2.18 bits per heavy atom. The van der Waals surface area contributed by atoms with E-state index in [4.69, 9.17) is 21.4 Å². The van der Waals surface area contributed by atoms with Gasteiger partial charge in [0.15, 0.2) is 0 Å². The van der Waals surface area contributed by atoms with Gasteiger partial charge in [0.25, 0.3) is 0 Å². The third-order valence-electron chi connectivity index (χ3n) is 3.18. The Kier molecular flexibility index (Phi) is 2.91. The van der Waals surface area contributed by atoms with Gasteiger partial charge >= 0.3 is 5.97 Å². The van der Waals surface area contributed by atoms with E-state index in [1.807, 2.05) is 0 Å². The van der Waals surface area contributed by atoms with E-state index in [0.717, 1.165) is 12.8 Å². The number of hydrogen-bond acceptors (Lipinski definition) is 3. The number of ether oxygens (including phenoxy) is 1. The van der Waals surface area contributed by atoms with Crippen LogP contribution in [0.15, 0.2) is 12.1 Å². The quantitative estimate of drug-likeness (QED) is 0.869. The number of carboxylic acids is 1. The number of phenolic OH excluding ortho intramolecular Hbond substituents is 1. The fourth-order valence-electron chi connectivity index (χ4n) is 2.11. The molecule has 1 aromatic rings. The summed E-state index contributed by atoms with van der Waals surface area (Å²) in [7, 11) is 1.46. The maximum atomic E-state index is 10.8. The Morgan fingerprint density at radius 1 is 1.53 bits per heavy atom. The van der Waals surface area contributed by atoms with E-state index in [9.17, 15) is 9.90 Å². The minimum absolute atomic E-state index is 0.0171. The van der Waals surface area contributed by atoms with Crippen LogP contribution in [0.4, 0.5) is 0 Å². The lowest BCUT2D eigenvalue weighted by atomic mass is 9.91. The topological polar surface area (TPSA) is 66.8 Å². The number of carbonyl (C=O) groups is 1. The van der Waals surface area contributed by atoms with Gasteiger partial charge in [-0.05, 0) is 18.9 Å². The smallest absolute Gasteiger partial charge is 0.304 e. The van der Waals surface area contributed by atoms with Gasteiger partial charge < -0.3 is 14.9 Å². The van der Waals surface area contributed by atoms with Gasteiger partial charge in [-0.25, -0.2) is 0 Å². The summed E-state index contributed by atoms with van der Waals surface area (Å²) >= 11 is 5.99. The highest BCUT2D eigenvalue weighted by Crippen LogP contribution is 2.55. The van der Waals surface area contributed by atoms with Crippen LogP contribution in [-0.4, -0.2) is 23.3 Å². The summed E-state index contributed by atoms with van der Waals surface area (Å²) in [5.74, 6) is -0.433. The van der Waals surface area contributed by atoms with Gasteiger partial charge in [0.05, 0.1) is 18.6 Å². The largest absolute Gasteiger partial charge is 0.508 e. The lowest BCUT2D eigenvalue weighted by Gasteiger charge is -2.16. The molecule has 1 aliphatic carbocycles. The first kappa shape index (κ1) is 12.0. The van der Waals surface area contributed by atoms with Crippen LogP contribution in [0.1, 0.15) is 24.8 Å². The molecule has 2 N–H and O–H groups in total. The third-order valence-corrected chi connectivity index (χ3v) is 3.48. The van der Waals surface area contributed by atoms with Crippen LogP contribution in [-0.2, 0) is 10.2 Å². The van der Waals surface area contributed by atoms with Crippen LogP contribution in [0.5, 0.6) is 11.5 Å². The molecular formula is C12H13ClO4. The van der Waals surface area contributed by atoms with Gasteiger partial charge in [0.2, 0.25) is 0 Å². The summed E-state index contributed by atoms with van der Waals surface area (Å²) in [6, 6.07) is 3.03. The number of aliphatic carboxylic acids is 1. The van der Waals surface area contributed by atoms with E-state index in [-0.39, 0.29) is 12.2 Å². The monoisotopic (exact) mass is 256 g/mol. The molecule has 5 heteroatoms. The van der Waals surface area contributed by atoms with Crippen LogP contribution in [0.25, 0.3) is 0 Å². The number of carboxylic acid groups (broad SMARTS) is 1. The zero-order valence-electron chi connectivity index (χ0n) is 9.36. The van der Waals surface area contributed by atoms with Gasteiger partial charge in [-0.2, -0.15) is 0 Å². The van der Waals surface area contributed by atoms with Crippen LogP contribution in [0.2, 0.25) is 5.02 Å². The minimum atomic E-state index is -0.867. The number of methoxy groups -OCH3 is 1. The summed E-state index contributed by atoms with van der Waals surface area (Å²) in [6.07, 6.45) is 1.54. The molecule has 0 unspecified atom stereocenters. The van der Waals surface area contributed by atoms with Gasteiger partial charge in [-0.15, -0.1) is 0 Å². The molecule has 0 amide bonds. The molecule has 0 spiro atoms. The molecular weight excluding hydrogens is 244 g/mol. The number of benzene rings is 1. The first-order chi connectivity index (χ1) is 7.98. The van der Waals surface area contributed by atoms with Crippen molar-refractivity contribution in [2.45, 2.75) is 24.7 Å². The minimum Gasteiger partial charge on any atom is -0.508 e. The SMILES string of the molecule is COc1cc(O)c(C2(CC(=O)O)CC2)cc1Cl. The van der Waals surface area contributed by atoms with Crippen LogP contribution in [0.3, 0.4) is 0 Å². The number of halogens is 1. The normalized spacial score (nSPS) is 16.6. The predicted octanol–water partition coefficient (Wildman–Crippen LogP) is 2.56. The Bertz CT molecular complexity index is 466. The van der Waals surface area contributed by atoms with Crippen molar-refractivity contribution in [3.05, 3.63) is 22.7 Å². The lowest BCUT2D eigenvalue weighted by Crippen LogP contribution is -2.13. The standard InChI is InChI=1S/C12H13ClO4/c1-17-10-5-9(14)7(4-8(10)13)12(2-3-12)6-11(15)16/h4-5,14H,2-3,6H2,1H3,(H,15,16). The molecule has 1 saturated carbocycles. The average Bonchev–Trinajstić information content (AvgIpc) is 3.00. The maximum absolute atomic E-state index is 10.8. The van der Waals surface area contributed by atoms with E-state index in [0.29, 0.717) is 16.3 Å². The highest BCUT2D eigenvalue weighted by molar-refractivity contribution is 6.32. The molecule has 0 bridgehead atoms.